The second kappa shape index (κ2) is 6.46. The highest BCUT2D eigenvalue weighted by molar-refractivity contribution is 7.07. The molecule has 1 amide bonds. The molecule has 0 aromatic carbocycles. The Morgan fingerprint density at radius 1 is 1.52 bits per heavy atom. The van der Waals surface area contributed by atoms with Crippen molar-refractivity contribution in [2.24, 2.45) is 11.8 Å². The van der Waals surface area contributed by atoms with Crippen LogP contribution >= 0.6 is 11.3 Å². The Hall–Kier alpha value is -0.910. The lowest BCUT2D eigenvalue weighted by Crippen LogP contribution is -2.35. The number of thiophene rings is 1. The van der Waals surface area contributed by atoms with Gasteiger partial charge in [0.1, 0.15) is 6.17 Å². The van der Waals surface area contributed by atoms with Crippen molar-refractivity contribution in [3.05, 3.63) is 22.4 Å². The van der Waals surface area contributed by atoms with Gasteiger partial charge in [-0.25, -0.2) is 0 Å². The molecule has 116 valence electrons. The van der Waals surface area contributed by atoms with Crippen LogP contribution in [0.4, 0.5) is 0 Å². The van der Waals surface area contributed by atoms with E-state index in [0.717, 1.165) is 32.6 Å². The van der Waals surface area contributed by atoms with E-state index in [1.54, 1.807) is 11.3 Å². The number of carbonyl (C=O) groups is 1. The molecule has 3 atom stereocenters. The quantitative estimate of drug-likeness (QED) is 0.909. The number of ether oxygens (including phenoxy) is 1. The van der Waals surface area contributed by atoms with Gasteiger partial charge < -0.3 is 9.64 Å². The van der Waals surface area contributed by atoms with Gasteiger partial charge in [-0.3, -0.25) is 10.1 Å². The largest absolute Gasteiger partial charge is 0.381 e. The molecule has 0 aliphatic carbocycles. The van der Waals surface area contributed by atoms with E-state index in [0.29, 0.717) is 11.8 Å². The minimum atomic E-state index is -0.0442. The van der Waals surface area contributed by atoms with Gasteiger partial charge in [-0.05, 0) is 41.1 Å². The number of hydrogen-bond acceptors (Lipinski definition) is 4. The molecule has 1 aromatic rings. The van der Waals surface area contributed by atoms with Gasteiger partial charge in [0.2, 0.25) is 5.91 Å². The lowest BCUT2D eigenvalue weighted by Gasteiger charge is -2.26. The summed E-state index contributed by atoms with van der Waals surface area (Å²) in [6, 6.07) is 2.07. The first-order valence-corrected chi connectivity index (χ1v) is 8.76. The van der Waals surface area contributed by atoms with E-state index < -0.39 is 0 Å². The van der Waals surface area contributed by atoms with Crippen molar-refractivity contribution in [2.75, 3.05) is 19.8 Å². The Kier molecular flexibility index (Phi) is 4.62. The third kappa shape index (κ3) is 3.30. The van der Waals surface area contributed by atoms with E-state index in [9.17, 15) is 4.79 Å². The fourth-order valence-corrected chi connectivity index (χ4v) is 3.91. The maximum absolute atomic E-state index is 12.8. The van der Waals surface area contributed by atoms with Crippen LogP contribution in [0.15, 0.2) is 16.8 Å². The number of hydrogen-bond donors (Lipinski definition) is 1. The Balaban J connectivity index is 1.76. The van der Waals surface area contributed by atoms with E-state index >= 15 is 0 Å². The highest BCUT2D eigenvalue weighted by atomic mass is 32.1. The zero-order valence-electron chi connectivity index (χ0n) is 12.7. The molecular weight excluding hydrogens is 284 g/mol. The molecule has 0 bridgehead atoms. The molecule has 1 N–H and O–H groups in total. The van der Waals surface area contributed by atoms with Gasteiger partial charge in [0.25, 0.3) is 0 Å². The molecule has 0 radical (unpaired) electrons. The summed E-state index contributed by atoms with van der Waals surface area (Å²) in [5.74, 6) is 1.26. The highest BCUT2D eigenvalue weighted by Crippen LogP contribution is 2.31. The van der Waals surface area contributed by atoms with Crippen LogP contribution in [-0.2, 0) is 9.53 Å². The molecule has 21 heavy (non-hydrogen) atoms. The summed E-state index contributed by atoms with van der Waals surface area (Å²) in [7, 11) is 0. The number of nitrogens with zero attached hydrogens (tertiary/aromatic N) is 1. The maximum Gasteiger partial charge on any atom is 0.241 e. The van der Waals surface area contributed by atoms with Crippen molar-refractivity contribution >= 4 is 17.2 Å². The Morgan fingerprint density at radius 2 is 2.38 bits per heavy atom. The Bertz CT molecular complexity index is 469. The molecule has 2 aliphatic rings. The van der Waals surface area contributed by atoms with Gasteiger partial charge in [-0.15, -0.1) is 0 Å². The van der Waals surface area contributed by atoms with E-state index in [2.05, 4.69) is 36.0 Å². The van der Waals surface area contributed by atoms with E-state index in [1.165, 1.54) is 5.56 Å². The predicted octanol–water partition coefficient (Wildman–Crippen LogP) is 2.63. The first-order chi connectivity index (χ1) is 10.1. The fraction of sp³-hybridized carbons (Fsp3) is 0.688. The fourth-order valence-electron chi connectivity index (χ4n) is 3.23. The lowest BCUT2D eigenvalue weighted by atomic mass is 10.0. The van der Waals surface area contributed by atoms with Crippen molar-refractivity contribution < 1.29 is 9.53 Å². The van der Waals surface area contributed by atoms with Crippen molar-refractivity contribution in [1.29, 1.82) is 0 Å². The maximum atomic E-state index is 12.8. The van der Waals surface area contributed by atoms with Gasteiger partial charge >= 0.3 is 0 Å². The summed E-state index contributed by atoms with van der Waals surface area (Å²) in [5.41, 5.74) is 1.21. The van der Waals surface area contributed by atoms with Crippen LogP contribution in [0.3, 0.4) is 0 Å². The number of nitrogens with one attached hydrogen (secondary N) is 1. The average Bonchev–Trinajstić information content (AvgIpc) is 3.15. The summed E-state index contributed by atoms with van der Waals surface area (Å²) in [6.07, 6.45) is 2.00. The zero-order chi connectivity index (χ0) is 14.8. The first-order valence-electron chi connectivity index (χ1n) is 7.81. The molecule has 2 fully saturated rings. The zero-order valence-corrected chi connectivity index (χ0v) is 13.6. The van der Waals surface area contributed by atoms with Gasteiger partial charge in [-0.2, -0.15) is 11.3 Å². The van der Waals surface area contributed by atoms with Crippen LogP contribution in [0, 0.1) is 11.8 Å². The third-order valence-corrected chi connectivity index (χ3v) is 5.00. The predicted molar refractivity (Wildman–Crippen MR) is 84.1 cm³/mol. The molecule has 0 saturated carbocycles. The highest BCUT2D eigenvalue weighted by Gasteiger charge is 2.40. The second-order valence-electron chi connectivity index (χ2n) is 6.53. The number of rotatable bonds is 5. The monoisotopic (exact) mass is 308 g/mol. The smallest absolute Gasteiger partial charge is 0.241 e. The van der Waals surface area contributed by atoms with Crippen molar-refractivity contribution in [1.82, 2.24) is 10.2 Å². The van der Waals surface area contributed by atoms with Crippen LogP contribution < -0.4 is 5.32 Å². The number of carbonyl (C=O) groups excluding carboxylic acids is 1. The molecular formula is C16H24N2O2S. The number of amides is 1. The summed E-state index contributed by atoms with van der Waals surface area (Å²) in [6.45, 7) is 6.76. The SMILES string of the molecule is CC(C)CC1NC(c2ccsc2)N(CC2CCOC2)C1=O. The van der Waals surface area contributed by atoms with Crippen LogP contribution in [0.5, 0.6) is 0 Å². The van der Waals surface area contributed by atoms with Gasteiger partial charge in [-0.1, -0.05) is 13.8 Å². The van der Waals surface area contributed by atoms with Crippen LogP contribution in [0.2, 0.25) is 0 Å². The topological polar surface area (TPSA) is 41.6 Å². The summed E-state index contributed by atoms with van der Waals surface area (Å²) in [4.78, 5) is 14.8. The minimum Gasteiger partial charge on any atom is -0.381 e. The molecule has 0 spiro atoms. The van der Waals surface area contributed by atoms with Gasteiger partial charge in [0.15, 0.2) is 0 Å². The summed E-state index contributed by atoms with van der Waals surface area (Å²) < 4.78 is 5.46. The van der Waals surface area contributed by atoms with Crippen molar-refractivity contribution in [3.63, 3.8) is 0 Å². The molecule has 3 unspecified atom stereocenters. The van der Waals surface area contributed by atoms with Crippen LogP contribution in [-0.4, -0.2) is 36.6 Å². The normalized spacial score (nSPS) is 29.8. The Morgan fingerprint density at radius 3 is 3.00 bits per heavy atom. The Labute approximate surface area is 130 Å². The molecule has 3 heterocycles. The van der Waals surface area contributed by atoms with Gasteiger partial charge in [0, 0.05) is 19.1 Å². The molecule has 5 heteroatoms. The summed E-state index contributed by atoms with van der Waals surface area (Å²) in [5, 5.41) is 7.76. The molecule has 3 rings (SSSR count). The first kappa shape index (κ1) is 15.0. The molecule has 2 aliphatic heterocycles. The average molecular weight is 308 g/mol. The molecule has 2 saturated heterocycles. The van der Waals surface area contributed by atoms with E-state index in [4.69, 9.17) is 4.74 Å². The lowest BCUT2D eigenvalue weighted by molar-refractivity contribution is -0.131. The van der Waals surface area contributed by atoms with E-state index in [-0.39, 0.29) is 18.1 Å². The van der Waals surface area contributed by atoms with Crippen molar-refractivity contribution in [2.45, 2.75) is 38.9 Å². The van der Waals surface area contributed by atoms with Gasteiger partial charge in [0.05, 0.1) is 12.6 Å². The van der Waals surface area contributed by atoms with Crippen molar-refractivity contribution in [3.8, 4) is 0 Å². The van der Waals surface area contributed by atoms with E-state index in [1.807, 2.05) is 4.90 Å². The standard InChI is InChI=1S/C16H24N2O2S/c1-11(2)7-14-16(19)18(8-12-3-5-20-9-12)15(17-14)13-4-6-21-10-13/h4,6,10-12,14-15,17H,3,5,7-9H2,1-2H3. The summed E-state index contributed by atoms with van der Waals surface area (Å²) >= 11 is 1.68. The second-order valence-corrected chi connectivity index (χ2v) is 7.31. The molecule has 4 nitrogen and oxygen atoms in total. The molecule has 1 aromatic heterocycles. The van der Waals surface area contributed by atoms with Crippen LogP contribution in [0.25, 0.3) is 0 Å². The third-order valence-electron chi connectivity index (χ3n) is 4.30. The minimum absolute atomic E-state index is 0.0353. The van der Waals surface area contributed by atoms with Crippen LogP contribution in [0.1, 0.15) is 38.4 Å².